The van der Waals surface area contributed by atoms with E-state index in [1.807, 2.05) is 17.0 Å². The van der Waals surface area contributed by atoms with Crippen molar-refractivity contribution in [2.75, 3.05) is 0 Å². The highest BCUT2D eigenvalue weighted by atomic mass is 16.4. The Morgan fingerprint density at radius 3 is 2.50 bits per heavy atom. The molecule has 0 fully saturated rings. The highest BCUT2D eigenvalue weighted by Crippen LogP contribution is 2.08. The van der Waals surface area contributed by atoms with Crippen molar-refractivity contribution in [2.45, 2.75) is 78.3 Å². The fraction of sp³-hybridized carbons (Fsp3) is 0.750. The van der Waals surface area contributed by atoms with E-state index >= 15 is 0 Å². The van der Waals surface area contributed by atoms with Crippen LogP contribution in [-0.2, 0) is 24.3 Å². The van der Waals surface area contributed by atoms with Crippen LogP contribution in [0.2, 0.25) is 0 Å². The Bertz CT molecular complexity index is 399. The van der Waals surface area contributed by atoms with E-state index in [0.29, 0.717) is 0 Å². The van der Waals surface area contributed by atoms with Crippen molar-refractivity contribution in [3.05, 3.63) is 18.2 Å². The lowest BCUT2D eigenvalue weighted by molar-refractivity contribution is -0.692. The number of aryl methyl sites for hydroxylation is 1. The molecule has 0 spiro atoms. The molecule has 0 saturated carbocycles. The van der Waals surface area contributed by atoms with Crippen LogP contribution in [0.15, 0.2) is 12.4 Å². The Hall–Kier alpha value is -1.32. The first-order valence-corrected chi connectivity index (χ1v) is 7.98. The number of carboxylic acids is 1. The standard InChI is InChI=1S/C16H28N2O2/c1-3-5-7-8-9-10-15-17(11-6-4-2)12-13-18(15)14-16(19)20/h12-13H,3-11,14H2,1-2H3/p+1. The smallest absolute Gasteiger partial charge is 0.346 e. The summed E-state index contributed by atoms with van der Waals surface area (Å²) in [5, 5.41) is 8.99. The van der Waals surface area contributed by atoms with Gasteiger partial charge in [0.15, 0.2) is 6.54 Å². The largest absolute Gasteiger partial charge is 0.478 e. The Kier molecular flexibility index (Phi) is 8.00. The highest BCUT2D eigenvalue weighted by Gasteiger charge is 2.18. The van der Waals surface area contributed by atoms with E-state index in [9.17, 15) is 4.79 Å². The van der Waals surface area contributed by atoms with Crippen molar-refractivity contribution in [2.24, 2.45) is 0 Å². The number of unbranched alkanes of at least 4 members (excludes halogenated alkanes) is 5. The molecule has 1 rings (SSSR count). The maximum absolute atomic E-state index is 10.9. The van der Waals surface area contributed by atoms with Crippen LogP contribution in [0.25, 0.3) is 0 Å². The summed E-state index contributed by atoms with van der Waals surface area (Å²) in [4.78, 5) is 10.9. The summed E-state index contributed by atoms with van der Waals surface area (Å²) < 4.78 is 4.12. The number of rotatable bonds is 11. The average Bonchev–Trinajstić information content (AvgIpc) is 2.78. The lowest BCUT2D eigenvalue weighted by atomic mass is 10.1. The summed E-state index contributed by atoms with van der Waals surface area (Å²) in [5.41, 5.74) is 0. The van der Waals surface area contributed by atoms with Crippen LogP contribution in [0.3, 0.4) is 0 Å². The van der Waals surface area contributed by atoms with Crippen LogP contribution in [-0.4, -0.2) is 15.6 Å². The van der Waals surface area contributed by atoms with Crippen molar-refractivity contribution in [1.82, 2.24) is 4.57 Å². The van der Waals surface area contributed by atoms with E-state index in [0.717, 1.165) is 38.1 Å². The molecule has 1 aromatic heterocycles. The fourth-order valence-corrected chi connectivity index (χ4v) is 2.49. The quantitative estimate of drug-likeness (QED) is 0.500. The van der Waals surface area contributed by atoms with Crippen molar-refractivity contribution < 1.29 is 14.5 Å². The molecule has 0 amide bonds. The molecule has 0 aliphatic rings. The predicted octanol–water partition coefficient (Wildman–Crippen LogP) is 3.17. The molecular weight excluding hydrogens is 252 g/mol. The van der Waals surface area contributed by atoms with E-state index < -0.39 is 5.97 Å². The van der Waals surface area contributed by atoms with E-state index in [-0.39, 0.29) is 6.54 Å². The molecule has 4 nitrogen and oxygen atoms in total. The fourth-order valence-electron chi connectivity index (χ4n) is 2.49. The minimum atomic E-state index is -0.768. The Morgan fingerprint density at radius 1 is 1.15 bits per heavy atom. The minimum absolute atomic E-state index is 0.0728. The third kappa shape index (κ3) is 5.76. The second kappa shape index (κ2) is 9.56. The zero-order valence-corrected chi connectivity index (χ0v) is 13.0. The Labute approximate surface area is 122 Å². The molecule has 0 radical (unpaired) electrons. The van der Waals surface area contributed by atoms with Crippen LogP contribution in [0, 0.1) is 0 Å². The van der Waals surface area contributed by atoms with Gasteiger partial charge in [-0.2, -0.15) is 0 Å². The second-order valence-corrected chi connectivity index (χ2v) is 5.45. The van der Waals surface area contributed by atoms with Gasteiger partial charge in [-0.05, 0) is 12.8 Å². The SMILES string of the molecule is CCCCCCCc1n(CCCC)cc[n+]1CC(=O)O. The monoisotopic (exact) mass is 281 g/mol. The molecule has 0 aliphatic heterocycles. The molecule has 4 heteroatoms. The van der Waals surface area contributed by atoms with Crippen LogP contribution in [0.5, 0.6) is 0 Å². The lowest BCUT2D eigenvalue weighted by Gasteiger charge is -2.04. The third-order valence-corrected chi connectivity index (χ3v) is 3.65. The number of aliphatic carboxylic acids is 1. The Balaban J connectivity index is 2.61. The molecule has 0 unspecified atom stereocenters. The third-order valence-electron chi connectivity index (χ3n) is 3.65. The molecule has 1 heterocycles. The summed E-state index contributed by atoms with van der Waals surface area (Å²) >= 11 is 0. The molecule has 0 atom stereocenters. The van der Waals surface area contributed by atoms with Gasteiger partial charge in [0.1, 0.15) is 12.4 Å². The first-order chi connectivity index (χ1) is 9.69. The van der Waals surface area contributed by atoms with E-state index in [4.69, 9.17) is 5.11 Å². The number of hydrogen-bond acceptors (Lipinski definition) is 1. The maximum Gasteiger partial charge on any atom is 0.346 e. The first-order valence-electron chi connectivity index (χ1n) is 7.98. The molecule has 114 valence electrons. The summed E-state index contributed by atoms with van der Waals surface area (Å²) in [6, 6.07) is 0. The van der Waals surface area contributed by atoms with Crippen molar-refractivity contribution in [1.29, 1.82) is 0 Å². The number of carboxylic acid groups (broad SMARTS) is 1. The molecular formula is C16H29N2O2+. The number of imidazole rings is 1. The van der Waals surface area contributed by atoms with Gasteiger partial charge in [0.25, 0.3) is 5.82 Å². The zero-order valence-electron chi connectivity index (χ0n) is 13.0. The molecule has 0 aromatic carbocycles. The van der Waals surface area contributed by atoms with Gasteiger partial charge in [0.05, 0.1) is 6.54 Å². The van der Waals surface area contributed by atoms with Gasteiger partial charge in [-0.25, -0.2) is 13.9 Å². The molecule has 1 aromatic rings. The first kappa shape index (κ1) is 16.7. The van der Waals surface area contributed by atoms with Gasteiger partial charge in [-0.3, -0.25) is 0 Å². The van der Waals surface area contributed by atoms with Crippen LogP contribution in [0.4, 0.5) is 0 Å². The van der Waals surface area contributed by atoms with Gasteiger partial charge < -0.3 is 5.11 Å². The maximum atomic E-state index is 10.9. The summed E-state index contributed by atoms with van der Waals surface area (Å²) in [7, 11) is 0. The van der Waals surface area contributed by atoms with Gasteiger partial charge in [-0.15, -0.1) is 0 Å². The number of hydrogen-bond donors (Lipinski definition) is 1. The van der Waals surface area contributed by atoms with E-state index in [2.05, 4.69) is 18.4 Å². The summed E-state index contributed by atoms with van der Waals surface area (Å²) in [5.74, 6) is 0.396. The topological polar surface area (TPSA) is 46.1 Å². The molecule has 0 saturated heterocycles. The molecule has 20 heavy (non-hydrogen) atoms. The summed E-state index contributed by atoms with van der Waals surface area (Å²) in [6.07, 6.45) is 13.4. The minimum Gasteiger partial charge on any atom is -0.478 e. The van der Waals surface area contributed by atoms with Crippen LogP contribution in [0.1, 0.15) is 64.6 Å². The van der Waals surface area contributed by atoms with Crippen molar-refractivity contribution >= 4 is 5.97 Å². The zero-order chi connectivity index (χ0) is 14.8. The highest BCUT2D eigenvalue weighted by molar-refractivity contribution is 5.64. The van der Waals surface area contributed by atoms with Crippen molar-refractivity contribution in [3.8, 4) is 0 Å². The average molecular weight is 281 g/mol. The van der Waals surface area contributed by atoms with Gasteiger partial charge in [0, 0.05) is 6.42 Å². The molecule has 1 N–H and O–H groups in total. The number of aromatic nitrogens is 2. The summed E-state index contributed by atoms with van der Waals surface area (Å²) in [6.45, 7) is 5.47. The normalized spacial score (nSPS) is 10.9. The van der Waals surface area contributed by atoms with Gasteiger partial charge in [0.2, 0.25) is 0 Å². The number of carbonyl (C=O) groups is 1. The van der Waals surface area contributed by atoms with Crippen LogP contribution >= 0.6 is 0 Å². The Morgan fingerprint density at radius 2 is 1.85 bits per heavy atom. The van der Waals surface area contributed by atoms with E-state index in [1.54, 1.807) is 0 Å². The molecule has 0 bridgehead atoms. The van der Waals surface area contributed by atoms with Crippen molar-refractivity contribution in [3.63, 3.8) is 0 Å². The van der Waals surface area contributed by atoms with Gasteiger partial charge in [-0.1, -0.05) is 46.0 Å². The second-order valence-electron chi connectivity index (χ2n) is 5.45. The number of nitrogens with zero attached hydrogens (tertiary/aromatic N) is 2. The lowest BCUT2D eigenvalue weighted by Crippen LogP contribution is -2.41. The predicted molar refractivity (Wildman–Crippen MR) is 79.6 cm³/mol. The molecule has 0 aliphatic carbocycles. The van der Waals surface area contributed by atoms with E-state index in [1.165, 1.54) is 25.7 Å². The van der Waals surface area contributed by atoms with Gasteiger partial charge >= 0.3 is 5.97 Å². The van der Waals surface area contributed by atoms with Crippen LogP contribution < -0.4 is 4.57 Å².